The van der Waals surface area contributed by atoms with Crippen molar-refractivity contribution in [3.63, 3.8) is 0 Å². The molecule has 1 N–H and O–H groups in total. The minimum absolute atomic E-state index is 0.0998. The van der Waals surface area contributed by atoms with Crippen molar-refractivity contribution in [1.82, 2.24) is 5.32 Å². The molecule has 3 saturated heterocycles. The Morgan fingerprint density at radius 1 is 0.559 bits per heavy atom. The first-order chi connectivity index (χ1) is 16.3. The Morgan fingerprint density at radius 2 is 1.03 bits per heavy atom. The normalized spacial score (nSPS) is 31.5. The molecule has 3 rings (SSSR count). The van der Waals surface area contributed by atoms with Crippen LogP contribution in [0.1, 0.15) is 125 Å². The minimum atomic E-state index is -0.660. The van der Waals surface area contributed by atoms with E-state index in [2.05, 4.69) is 12.2 Å². The monoisotopic (exact) mass is 483 g/mol. The Hall–Kier alpha value is -0.240. The predicted molar refractivity (Wildman–Crippen MR) is 136 cm³/mol. The molecule has 0 amide bonds. The number of hydrogen-bond acceptors (Lipinski definition) is 6. The zero-order valence-electron chi connectivity index (χ0n) is 22.7. The second kappa shape index (κ2) is 13.9. The molecule has 5 atom stereocenters. The highest BCUT2D eigenvalue weighted by molar-refractivity contribution is 5.00. The van der Waals surface area contributed by atoms with Crippen LogP contribution in [0.15, 0.2) is 0 Å². The Bertz CT molecular complexity index is 569. The molecule has 0 aromatic carbocycles. The quantitative estimate of drug-likeness (QED) is 0.240. The molecule has 200 valence electrons. The molecule has 3 aliphatic rings. The van der Waals surface area contributed by atoms with Crippen molar-refractivity contribution in [1.29, 1.82) is 0 Å². The highest BCUT2D eigenvalue weighted by atomic mass is 16.9. The van der Waals surface area contributed by atoms with E-state index in [4.69, 9.17) is 23.7 Å². The van der Waals surface area contributed by atoms with Crippen molar-refractivity contribution in [2.24, 2.45) is 0 Å². The van der Waals surface area contributed by atoms with Gasteiger partial charge in [0.25, 0.3) is 0 Å². The molecule has 0 unspecified atom stereocenters. The van der Waals surface area contributed by atoms with Crippen LogP contribution in [0.2, 0.25) is 0 Å². The molecule has 34 heavy (non-hydrogen) atoms. The van der Waals surface area contributed by atoms with Gasteiger partial charge in [0.15, 0.2) is 17.9 Å². The van der Waals surface area contributed by atoms with Gasteiger partial charge in [-0.2, -0.15) is 0 Å². The van der Waals surface area contributed by atoms with E-state index in [1.807, 2.05) is 27.7 Å². The molecule has 0 radical (unpaired) electrons. The van der Waals surface area contributed by atoms with Crippen LogP contribution >= 0.6 is 0 Å². The Kier molecular flexibility index (Phi) is 11.6. The summed E-state index contributed by atoms with van der Waals surface area (Å²) in [4.78, 5) is 0. The summed E-state index contributed by atoms with van der Waals surface area (Å²) in [5, 5.41) is 3.58. The second-order valence-electron chi connectivity index (χ2n) is 11.5. The molecule has 0 aliphatic carbocycles. The van der Waals surface area contributed by atoms with E-state index in [9.17, 15) is 0 Å². The molecular weight excluding hydrogens is 430 g/mol. The molecule has 3 fully saturated rings. The largest absolute Gasteiger partial charge is 0.342 e. The van der Waals surface area contributed by atoms with E-state index in [0.29, 0.717) is 0 Å². The summed E-state index contributed by atoms with van der Waals surface area (Å²) in [6, 6.07) is 0. The standard InChI is InChI=1S/C28H53NO5/c1-6-7-8-9-10-11-12-13-14-15-16-17-18-19-20-29-21-22-23-24(32-27(2,3)31-23)25-26(30-22)34-28(4,5)33-25/h22-26,29H,6-21H2,1-5H3/t22-,23+,24+,25-,26-/m1/s1. The fourth-order valence-electron chi connectivity index (χ4n) is 5.55. The first kappa shape index (κ1) is 28.3. The molecular formula is C28H53NO5. The number of fused-ring (bicyclic) bond motifs is 3. The summed E-state index contributed by atoms with van der Waals surface area (Å²) in [5.74, 6) is -1.29. The third kappa shape index (κ3) is 9.01. The lowest BCUT2D eigenvalue weighted by atomic mass is 9.99. The van der Waals surface area contributed by atoms with E-state index in [0.717, 1.165) is 13.1 Å². The maximum absolute atomic E-state index is 6.26. The molecule has 0 saturated carbocycles. The second-order valence-corrected chi connectivity index (χ2v) is 11.5. The Morgan fingerprint density at radius 3 is 1.62 bits per heavy atom. The van der Waals surface area contributed by atoms with Gasteiger partial charge in [0.2, 0.25) is 0 Å². The number of nitrogens with one attached hydrogen (secondary N) is 1. The zero-order chi connectivity index (χ0) is 24.4. The van der Waals surface area contributed by atoms with Crippen molar-refractivity contribution in [3.8, 4) is 0 Å². The van der Waals surface area contributed by atoms with Crippen LogP contribution in [0.3, 0.4) is 0 Å². The number of hydrogen-bond donors (Lipinski definition) is 1. The predicted octanol–water partition coefficient (Wildman–Crippen LogP) is 6.45. The summed E-state index contributed by atoms with van der Waals surface area (Å²) < 4.78 is 30.7. The topological polar surface area (TPSA) is 58.2 Å². The lowest BCUT2D eigenvalue weighted by molar-refractivity contribution is -0.232. The van der Waals surface area contributed by atoms with E-state index in [1.165, 1.54) is 89.9 Å². The summed E-state index contributed by atoms with van der Waals surface area (Å²) >= 11 is 0. The minimum Gasteiger partial charge on any atom is -0.342 e. The van der Waals surface area contributed by atoms with E-state index in [-0.39, 0.29) is 24.4 Å². The molecule has 0 bridgehead atoms. The van der Waals surface area contributed by atoms with Crippen LogP contribution in [0.25, 0.3) is 0 Å². The van der Waals surface area contributed by atoms with Gasteiger partial charge in [-0.25, -0.2) is 0 Å². The van der Waals surface area contributed by atoms with Gasteiger partial charge < -0.3 is 29.0 Å². The maximum Gasteiger partial charge on any atom is 0.190 e. The van der Waals surface area contributed by atoms with Gasteiger partial charge >= 0.3 is 0 Å². The Labute approximate surface area is 209 Å². The van der Waals surface area contributed by atoms with Gasteiger partial charge in [0, 0.05) is 6.54 Å². The van der Waals surface area contributed by atoms with Crippen molar-refractivity contribution in [3.05, 3.63) is 0 Å². The number of rotatable bonds is 17. The Balaban J connectivity index is 1.20. The number of ether oxygens (including phenoxy) is 5. The molecule has 0 spiro atoms. The van der Waals surface area contributed by atoms with Gasteiger partial charge in [-0.3, -0.25) is 0 Å². The summed E-state index contributed by atoms with van der Waals surface area (Å²) in [5.41, 5.74) is 0. The highest BCUT2D eigenvalue weighted by Crippen LogP contribution is 2.43. The van der Waals surface area contributed by atoms with Gasteiger partial charge in [0.05, 0.1) is 0 Å². The average Bonchev–Trinajstić information content (AvgIpc) is 3.27. The SMILES string of the molecule is CCCCCCCCCCCCCCCCNC[C@H]1O[C@@H]2OC(C)(C)O[C@@H]2[C@H]2OC(C)(C)O[C@H]21. The smallest absolute Gasteiger partial charge is 0.190 e. The number of unbranched alkanes of at least 4 members (excludes halogenated alkanes) is 13. The van der Waals surface area contributed by atoms with E-state index < -0.39 is 17.9 Å². The summed E-state index contributed by atoms with van der Waals surface area (Å²) in [6.45, 7) is 11.8. The van der Waals surface area contributed by atoms with Crippen LogP contribution in [0, 0.1) is 0 Å². The maximum atomic E-state index is 6.26. The van der Waals surface area contributed by atoms with Crippen molar-refractivity contribution in [2.75, 3.05) is 13.1 Å². The van der Waals surface area contributed by atoms with Crippen LogP contribution in [-0.4, -0.2) is 55.4 Å². The zero-order valence-corrected chi connectivity index (χ0v) is 22.7. The molecule has 6 heteroatoms. The fraction of sp³-hybridized carbons (Fsp3) is 1.00. The fourth-order valence-corrected chi connectivity index (χ4v) is 5.55. The summed E-state index contributed by atoms with van der Waals surface area (Å²) in [6.07, 6.45) is 18.4. The highest BCUT2D eigenvalue weighted by Gasteiger charge is 2.60. The third-order valence-electron chi connectivity index (χ3n) is 7.30. The summed E-state index contributed by atoms with van der Waals surface area (Å²) in [7, 11) is 0. The lowest BCUT2D eigenvalue weighted by Crippen LogP contribution is -2.57. The first-order valence-corrected chi connectivity index (χ1v) is 14.4. The van der Waals surface area contributed by atoms with Crippen molar-refractivity contribution < 1.29 is 23.7 Å². The molecule has 3 heterocycles. The van der Waals surface area contributed by atoms with Gasteiger partial charge in [-0.15, -0.1) is 0 Å². The lowest BCUT2D eigenvalue weighted by Gasteiger charge is -2.37. The third-order valence-corrected chi connectivity index (χ3v) is 7.30. The molecule has 0 aromatic heterocycles. The molecule has 3 aliphatic heterocycles. The van der Waals surface area contributed by atoms with E-state index >= 15 is 0 Å². The van der Waals surface area contributed by atoms with Crippen molar-refractivity contribution in [2.45, 2.75) is 167 Å². The van der Waals surface area contributed by atoms with Crippen LogP contribution in [-0.2, 0) is 23.7 Å². The van der Waals surface area contributed by atoms with Gasteiger partial charge in [-0.05, 0) is 40.7 Å². The van der Waals surface area contributed by atoms with Gasteiger partial charge in [-0.1, -0.05) is 90.4 Å². The van der Waals surface area contributed by atoms with Crippen LogP contribution in [0.4, 0.5) is 0 Å². The van der Waals surface area contributed by atoms with Crippen molar-refractivity contribution >= 4 is 0 Å². The average molecular weight is 484 g/mol. The van der Waals surface area contributed by atoms with Crippen LogP contribution in [0.5, 0.6) is 0 Å². The van der Waals surface area contributed by atoms with E-state index in [1.54, 1.807) is 0 Å². The van der Waals surface area contributed by atoms with Crippen LogP contribution < -0.4 is 5.32 Å². The first-order valence-electron chi connectivity index (χ1n) is 14.4. The van der Waals surface area contributed by atoms with Gasteiger partial charge in [0.1, 0.15) is 24.4 Å². The molecule has 6 nitrogen and oxygen atoms in total. The molecule has 0 aromatic rings.